The molecule has 3 heteroatoms. The lowest BCUT2D eigenvalue weighted by Crippen LogP contribution is -2.08. The fourth-order valence-electron chi connectivity index (χ4n) is 6.28. The van der Waals surface area contributed by atoms with Crippen LogP contribution in [0.3, 0.4) is 0 Å². The first kappa shape index (κ1) is 25.7. The van der Waals surface area contributed by atoms with E-state index >= 15 is 0 Å². The summed E-state index contributed by atoms with van der Waals surface area (Å²) in [6.07, 6.45) is 1.06. The number of benzene rings is 4. The molecule has 0 spiro atoms. The first-order chi connectivity index (χ1) is 18.5. The van der Waals surface area contributed by atoms with Gasteiger partial charge >= 0.3 is 0 Å². The predicted octanol–water partition coefficient (Wildman–Crippen LogP) is 10.5. The van der Waals surface area contributed by atoms with E-state index in [-0.39, 0.29) is 5.41 Å². The van der Waals surface area contributed by atoms with Crippen molar-refractivity contribution in [3.05, 3.63) is 94.0 Å². The zero-order chi connectivity index (χ0) is 27.6. The molecular weight excluding hydrogens is 492 g/mol. The van der Waals surface area contributed by atoms with E-state index in [9.17, 15) is 0 Å². The van der Waals surface area contributed by atoms with E-state index in [1.165, 1.54) is 69.9 Å². The summed E-state index contributed by atoms with van der Waals surface area (Å²) in [4.78, 5) is 0. The minimum Gasteiger partial charge on any atom is -0.149 e. The largest absolute Gasteiger partial charge is 0.149 e. The Hall–Kier alpha value is -3.56. The van der Waals surface area contributed by atoms with Crippen molar-refractivity contribution in [2.75, 3.05) is 0 Å². The molecule has 0 radical (unpaired) electrons. The van der Waals surface area contributed by atoms with Crippen molar-refractivity contribution in [3.63, 3.8) is 0 Å². The summed E-state index contributed by atoms with van der Waals surface area (Å²) in [5.74, 6) is 0. The topological polar surface area (TPSA) is 25.8 Å². The highest BCUT2D eigenvalue weighted by Gasteiger charge is 2.22. The molecule has 0 amide bonds. The number of nitrogens with zero attached hydrogens (tertiary/aromatic N) is 2. The van der Waals surface area contributed by atoms with Crippen LogP contribution in [0.1, 0.15) is 54.2 Å². The minimum absolute atomic E-state index is 0.256. The number of aromatic nitrogens is 2. The molecule has 0 aliphatic rings. The average molecular weight is 529 g/mol. The molecule has 0 saturated carbocycles. The van der Waals surface area contributed by atoms with Crippen molar-refractivity contribution >= 4 is 42.3 Å². The number of rotatable bonds is 3. The minimum atomic E-state index is 0.256. The van der Waals surface area contributed by atoms with Crippen molar-refractivity contribution in [1.82, 2.24) is 10.2 Å². The second-order valence-corrected chi connectivity index (χ2v) is 13.6. The number of hydrogen-bond donors (Lipinski definition) is 0. The van der Waals surface area contributed by atoms with Gasteiger partial charge in [0.15, 0.2) is 0 Å². The van der Waals surface area contributed by atoms with E-state index in [1.54, 1.807) is 0 Å². The Balaban J connectivity index is 1.71. The van der Waals surface area contributed by atoms with Gasteiger partial charge in [-0.15, -0.1) is 21.5 Å². The zero-order valence-electron chi connectivity index (χ0n) is 24.3. The van der Waals surface area contributed by atoms with Crippen molar-refractivity contribution < 1.29 is 0 Å². The standard InChI is InChI=1S/C36H36N2S/c1-20-13-21(2)17-27(16-20)32-35-31(33(38-37-32)30-23(4)14-22(3)15-24(30)5)29-12-10-26-18-25(19-36(6,7)8)9-11-28(26)34(29)39-35/h9-18H,19H2,1-8H3. The van der Waals surface area contributed by atoms with Crippen LogP contribution in [0, 0.1) is 40.0 Å². The number of fused-ring (bicyclic) bond motifs is 5. The molecule has 39 heavy (non-hydrogen) atoms. The van der Waals surface area contributed by atoms with Crippen LogP contribution in [0.15, 0.2) is 60.7 Å². The lowest BCUT2D eigenvalue weighted by atomic mass is 9.87. The van der Waals surface area contributed by atoms with E-state index in [0.29, 0.717) is 0 Å². The molecule has 2 nitrogen and oxygen atoms in total. The monoisotopic (exact) mass is 528 g/mol. The molecule has 0 aliphatic heterocycles. The Labute approximate surface area is 235 Å². The Morgan fingerprint density at radius 2 is 1.26 bits per heavy atom. The summed E-state index contributed by atoms with van der Waals surface area (Å²) >= 11 is 1.86. The molecule has 196 valence electrons. The molecule has 0 fully saturated rings. The van der Waals surface area contributed by atoms with Crippen LogP contribution in [0.5, 0.6) is 0 Å². The van der Waals surface area contributed by atoms with Gasteiger partial charge in [-0.05, 0) is 86.1 Å². The average Bonchev–Trinajstić information content (AvgIpc) is 3.22. The Kier molecular flexibility index (Phi) is 6.11. The number of thiophene rings is 1. The predicted molar refractivity (Wildman–Crippen MR) is 170 cm³/mol. The van der Waals surface area contributed by atoms with Gasteiger partial charge in [-0.1, -0.05) is 86.0 Å². The van der Waals surface area contributed by atoms with Crippen LogP contribution < -0.4 is 0 Å². The van der Waals surface area contributed by atoms with Crippen molar-refractivity contribution in [1.29, 1.82) is 0 Å². The molecule has 0 aliphatic carbocycles. The summed E-state index contributed by atoms with van der Waals surface area (Å²) in [7, 11) is 0. The maximum absolute atomic E-state index is 4.98. The summed E-state index contributed by atoms with van der Waals surface area (Å²) in [5.41, 5.74) is 12.2. The highest BCUT2D eigenvalue weighted by molar-refractivity contribution is 7.27. The normalized spacial score (nSPS) is 12.2. The molecule has 0 saturated heterocycles. The van der Waals surface area contributed by atoms with E-state index < -0.39 is 0 Å². The Morgan fingerprint density at radius 1 is 0.641 bits per heavy atom. The summed E-state index contributed by atoms with van der Waals surface area (Å²) in [6.45, 7) is 17.8. The van der Waals surface area contributed by atoms with Gasteiger partial charge in [0.2, 0.25) is 0 Å². The van der Waals surface area contributed by atoms with Crippen LogP contribution in [0.25, 0.3) is 53.5 Å². The number of hydrogen-bond acceptors (Lipinski definition) is 3. The summed E-state index contributed by atoms with van der Waals surface area (Å²) < 4.78 is 2.53. The lowest BCUT2D eigenvalue weighted by Gasteiger charge is -2.18. The van der Waals surface area contributed by atoms with Gasteiger partial charge in [-0.3, -0.25) is 0 Å². The van der Waals surface area contributed by atoms with Crippen molar-refractivity contribution in [2.24, 2.45) is 5.41 Å². The molecule has 0 N–H and O–H groups in total. The molecule has 2 heterocycles. The third kappa shape index (κ3) is 4.63. The third-order valence-corrected chi connectivity index (χ3v) is 8.83. The smallest absolute Gasteiger partial charge is 0.111 e. The molecule has 0 atom stereocenters. The number of aryl methyl sites for hydroxylation is 5. The second-order valence-electron chi connectivity index (χ2n) is 12.6. The highest BCUT2D eigenvalue weighted by Crippen LogP contribution is 2.46. The van der Waals surface area contributed by atoms with Gasteiger partial charge in [0, 0.05) is 26.6 Å². The fourth-order valence-corrected chi connectivity index (χ4v) is 7.63. The molecule has 2 aromatic heterocycles. The maximum atomic E-state index is 4.98. The van der Waals surface area contributed by atoms with E-state index in [0.717, 1.165) is 23.4 Å². The van der Waals surface area contributed by atoms with E-state index in [1.807, 2.05) is 11.3 Å². The summed E-state index contributed by atoms with van der Waals surface area (Å²) in [5, 5.41) is 15.0. The molecule has 6 rings (SSSR count). The van der Waals surface area contributed by atoms with Crippen LogP contribution in [-0.2, 0) is 6.42 Å². The van der Waals surface area contributed by atoms with Crippen LogP contribution in [0.2, 0.25) is 0 Å². The van der Waals surface area contributed by atoms with Gasteiger partial charge in [-0.2, -0.15) is 0 Å². The van der Waals surface area contributed by atoms with Crippen LogP contribution in [0.4, 0.5) is 0 Å². The molecule has 6 aromatic rings. The fraction of sp³-hybridized carbons (Fsp3) is 0.278. The SMILES string of the molecule is Cc1cc(C)cc(-c2nnc(-c3c(C)cc(C)cc3C)c3c2sc2c4ccc(CC(C)(C)C)cc4ccc23)c1. The van der Waals surface area contributed by atoms with E-state index in [4.69, 9.17) is 10.2 Å². The maximum Gasteiger partial charge on any atom is 0.111 e. The zero-order valence-corrected chi connectivity index (χ0v) is 25.1. The van der Waals surface area contributed by atoms with Gasteiger partial charge in [0.05, 0.1) is 4.70 Å². The van der Waals surface area contributed by atoms with Gasteiger partial charge in [-0.25, -0.2) is 0 Å². The third-order valence-electron chi connectivity index (χ3n) is 7.58. The highest BCUT2D eigenvalue weighted by atomic mass is 32.1. The Bertz CT molecular complexity index is 1870. The first-order valence-corrected chi connectivity index (χ1v) is 14.6. The summed E-state index contributed by atoms with van der Waals surface area (Å²) in [6, 6.07) is 22.8. The molecular formula is C36H36N2S. The van der Waals surface area contributed by atoms with Crippen molar-refractivity contribution in [2.45, 2.75) is 61.8 Å². The van der Waals surface area contributed by atoms with Crippen LogP contribution in [-0.4, -0.2) is 10.2 Å². The molecule has 0 unspecified atom stereocenters. The lowest BCUT2D eigenvalue weighted by molar-refractivity contribution is 0.411. The van der Waals surface area contributed by atoms with Crippen LogP contribution >= 0.6 is 11.3 Å². The quantitative estimate of drug-likeness (QED) is 0.228. The first-order valence-electron chi connectivity index (χ1n) is 13.8. The van der Waals surface area contributed by atoms with Gasteiger partial charge in [0.1, 0.15) is 11.4 Å². The van der Waals surface area contributed by atoms with Crippen molar-refractivity contribution in [3.8, 4) is 22.5 Å². The second kappa shape index (κ2) is 9.27. The molecule has 0 bridgehead atoms. The van der Waals surface area contributed by atoms with Gasteiger partial charge in [0.25, 0.3) is 0 Å². The Morgan fingerprint density at radius 3 is 1.92 bits per heavy atom. The van der Waals surface area contributed by atoms with Gasteiger partial charge < -0.3 is 0 Å². The molecule has 4 aromatic carbocycles. The van der Waals surface area contributed by atoms with E-state index in [2.05, 4.69) is 116 Å².